The summed E-state index contributed by atoms with van der Waals surface area (Å²) in [5, 5.41) is 0. The number of alkyl halides is 3. The number of rotatable bonds is 7. The fraction of sp³-hybridized carbons (Fsp3) is 1.00. The molecule has 0 saturated carbocycles. The predicted octanol–water partition coefficient (Wildman–Crippen LogP) is 1.48. The normalized spacial score (nSPS) is 14.8. The number of hydrogen-bond donors (Lipinski definition) is 1. The summed E-state index contributed by atoms with van der Waals surface area (Å²) in [5.74, 6) is -1.46. The molecule has 0 saturated heterocycles. The van der Waals surface area contributed by atoms with Crippen LogP contribution in [0.1, 0.15) is 13.8 Å². The van der Waals surface area contributed by atoms with Gasteiger partial charge in [0.15, 0.2) is 0 Å². The third kappa shape index (κ3) is 7.03. The minimum Gasteiger partial charge on any atom is -0.377 e. The van der Waals surface area contributed by atoms with Crippen molar-refractivity contribution >= 4 is 0 Å². The summed E-state index contributed by atoms with van der Waals surface area (Å²) in [6, 6.07) is 0. The summed E-state index contributed by atoms with van der Waals surface area (Å²) in [7, 11) is 1.64. The molecule has 0 aliphatic heterocycles. The van der Waals surface area contributed by atoms with Gasteiger partial charge in [-0.1, -0.05) is 0 Å². The largest absolute Gasteiger partial charge is 0.394 e. The van der Waals surface area contributed by atoms with E-state index in [2.05, 4.69) is 0 Å². The SMILES string of the molecule is CC(C)OCCN(C)CC(CN)C(F)(F)F. The molecule has 0 aliphatic rings. The first-order chi connectivity index (χ1) is 7.27. The van der Waals surface area contributed by atoms with Gasteiger partial charge < -0.3 is 15.4 Å². The lowest BCUT2D eigenvalue weighted by atomic mass is 10.1. The molecule has 0 heterocycles. The van der Waals surface area contributed by atoms with Crippen molar-refractivity contribution in [3.63, 3.8) is 0 Å². The first-order valence-corrected chi connectivity index (χ1v) is 5.34. The number of likely N-dealkylation sites (N-methyl/N-ethyl adjacent to an activating group) is 1. The average Bonchev–Trinajstić information content (AvgIpc) is 2.11. The van der Waals surface area contributed by atoms with E-state index in [9.17, 15) is 13.2 Å². The number of nitrogens with zero attached hydrogens (tertiary/aromatic N) is 1. The van der Waals surface area contributed by atoms with Crippen LogP contribution in [0.25, 0.3) is 0 Å². The maximum absolute atomic E-state index is 12.4. The van der Waals surface area contributed by atoms with Crippen LogP contribution < -0.4 is 5.73 Å². The second kappa shape index (κ2) is 7.09. The molecule has 3 nitrogen and oxygen atoms in total. The van der Waals surface area contributed by atoms with Gasteiger partial charge in [-0.25, -0.2) is 0 Å². The Hall–Kier alpha value is -0.330. The van der Waals surface area contributed by atoms with E-state index in [0.717, 1.165) is 0 Å². The molecule has 98 valence electrons. The first-order valence-electron chi connectivity index (χ1n) is 5.34. The lowest BCUT2D eigenvalue weighted by Crippen LogP contribution is -2.40. The smallest absolute Gasteiger partial charge is 0.377 e. The molecule has 0 spiro atoms. The molecule has 0 aromatic heterocycles. The highest BCUT2D eigenvalue weighted by atomic mass is 19.4. The van der Waals surface area contributed by atoms with Crippen molar-refractivity contribution < 1.29 is 17.9 Å². The molecule has 1 atom stereocenters. The number of nitrogens with two attached hydrogens (primary N) is 1. The summed E-state index contributed by atoms with van der Waals surface area (Å²) in [5.41, 5.74) is 5.11. The topological polar surface area (TPSA) is 38.5 Å². The monoisotopic (exact) mass is 242 g/mol. The number of halogens is 3. The molecule has 16 heavy (non-hydrogen) atoms. The van der Waals surface area contributed by atoms with Gasteiger partial charge in [-0.2, -0.15) is 13.2 Å². The summed E-state index contributed by atoms with van der Waals surface area (Å²) in [6.07, 6.45) is -4.12. The van der Waals surface area contributed by atoms with Gasteiger partial charge in [0, 0.05) is 19.6 Å². The molecule has 6 heteroatoms. The van der Waals surface area contributed by atoms with Crippen LogP contribution in [0.5, 0.6) is 0 Å². The highest BCUT2D eigenvalue weighted by Gasteiger charge is 2.38. The van der Waals surface area contributed by atoms with E-state index in [1.165, 1.54) is 0 Å². The van der Waals surface area contributed by atoms with Crippen molar-refractivity contribution in [2.75, 3.05) is 33.3 Å². The van der Waals surface area contributed by atoms with Gasteiger partial charge in [0.05, 0.1) is 18.6 Å². The molecule has 0 rings (SSSR count). The van der Waals surface area contributed by atoms with E-state index in [1.807, 2.05) is 13.8 Å². The number of ether oxygens (including phenoxy) is 1. The van der Waals surface area contributed by atoms with Crippen LogP contribution >= 0.6 is 0 Å². The fourth-order valence-corrected chi connectivity index (χ4v) is 1.22. The van der Waals surface area contributed by atoms with Crippen LogP contribution in [0.3, 0.4) is 0 Å². The summed E-state index contributed by atoms with van der Waals surface area (Å²) < 4.78 is 42.4. The Morgan fingerprint density at radius 2 is 1.88 bits per heavy atom. The average molecular weight is 242 g/mol. The molecule has 0 radical (unpaired) electrons. The zero-order chi connectivity index (χ0) is 12.8. The van der Waals surface area contributed by atoms with Gasteiger partial charge in [-0.15, -0.1) is 0 Å². The van der Waals surface area contributed by atoms with Crippen molar-refractivity contribution in [3.8, 4) is 0 Å². The lowest BCUT2D eigenvalue weighted by molar-refractivity contribution is -0.175. The molecule has 0 aromatic carbocycles. The Balaban J connectivity index is 3.88. The minimum absolute atomic E-state index is 0.0819. The molecule has 0 bridgehead atoms. The van der Waals surface area contributed by atoms with Gasteiger partial charge in [-0.3, -0.25) is 0 Å². The molecule has 2 N–H and O–H groups in total. The van der Waals surface area contributed by atoms with Crippen molar-refractivity contribution in [1.29, 1.82) is 0 Å². The first kappa shape index (κ1) is 15.7. The van der Waals surface area contributed by atoms with E-state index in [4.69, 9.17) is 10.5 Å². The van der Waals surface area contributed by atoms with Crippen LogP contribution in [-0.2, 0) is 4.74 Å². The van der Waals surface area contributed by atoms with E-state index in [1.54, 1.807) is 11.9 Å². The Morgan fingerprint density at radius 1 is 1.31 bits per heavy atom. The lowest BCUT2D eigenvalue weighted by Gasteiger charge is -2.25. The Labute approximate surface area is 94.7 Å². The van der Waals surface area contributed by atoms with Crippen LogP contribution in [0.2, 0.25) is 0 Å². The Kier molecular flexibility index (Phi) is 6.94. The summed E-state index contributed by atoms with van der Waals surface area (Å²) >= 11 is 0. The highest BCUT2D eigenvalue weighted by Crippen LogP contribution is 2.25. The Bertz CT molecular complexity index is 185. The molecule has 0 aliphatic carbocycles. The maximum Gasteiger partial charge on any atom is 0.394 e. The second-order valence-corrected chi connectivity index (χ2v) is 4.16. The second-order valence-electron chi connectivity index (χ2n) is 4.16. The van der Waals surface area contributed by atoms with Crippen LogP contribution in [0.4, 0.5) is 13.2 Å². The van der Waals surface area contributed by atoms with Crippen LogP contribution in [0, 0.1) is 5.92 Å². The van der Waals surface area contributed by atoms with Crippen molar-refractivity contribution in [2.45, 2.75) is 26.1 Å². The molecular weight excluding hydrogens is 221 g/mol. The van der Waals surface area contributed by atoms with Gasteiger partial charge in [0.25, 0.3) is 0 Å². The summed E-state index contributed by atoms with van der Waals surface area (Å²) in [4.78, 5) is 1.59. The van der Waals surface area contributed by atoms with Gasteiger partial charge in [0.2, 0.25) is 0 Å². The molecule has 1 unspecified atom stereocenters. The molecular formula is C10H21F3N2O. The summed E-state index contributed by atoms with van der Waals surface area (Å²) in [6.45, 7) is 4.23. The zero-order valence-corrected chi connectivity index (χ0v) is 10.0. The van der Waals surface area contributed by atoms with Crippen molar-refractivity contribution in [2.24, 2.45) is 11.7 Å². The van der Waals surface area contributed by atoms with Crippen LogP contribution in [0.15, 0.2) is 0 Å². The molecule has 0 amide bonds. The number of hydrogen-bond acceptors (Lipinski definition) is 3. The van der Waals surface area contributed by atoms with E-state index in [0.29, 0.717) is 13.2 Å². The minimum atomic E-state index is -4.22. The van der Waals surface area contributed by atoms with Gasteiger partial charge in [0.1, 0.15) is 0 Å². The van der Waals surface area contributed by atoms with Crippen molar-refractivity contribution in [3.05, 3.63) is 0 Å². The Morgan fingerprint density at radius 3 is 2.25 bits per heavy atom. The third-order valence-corrected chi connectivity index (χ3v) is 2.20. The van der Waals surface area contributed by atoms with Gasteiger partial charge in [-0.05, 0) is 20.9 Å². The quantitative estimate of drug-likeness (QED) is 0.735. The standard InChI is InChI=1S/C10H21F3N2O/c1-8(2)16-5-4-15(3)7-9(6-14)10(11,12)13/h8-9H,4-7,14H2,1-3H3. The van der Waals surface area contributed by atoms with E-state index < -0.39 is 12.1 Å². The molecule has 0 aromatic rings. The molecule has 0 fully saturated rings. The van der Waals surface area contributed by atoms with E-state index >= 15 is 0 Å². The third-order valence-electron chi connectivity index (χ3n) is 2.20. The highest BCUT2D eigenvalue weighted by molar-refractivity contribution is 4.71. The maximum atomic E-state index is 12.4. The fourth-order valence-electron chi connectivity index (χ4n) is 1.22. The predicted molar refractivity (Wildman–Crippen MR) is 57.2 cm³/mol. The zero-order valence-electron chi connectivity index (χ0n) is 10.0. The van der Waals surface area contributed by atoms with Crippen molar-refractivity contribution in [1.82, 2.24) is 4.90 Å². The van der Waals surface area contributed by atoms with E-state index in [-0.39, 0.29) is 19.2 Å². The van der Waals surface area contributed by atoms with Crippen LogP contribution in [-0.4, -0.2) is 50.5 Å². The van der Waals surface area contributed by atoms with Gasteiger partial charge >= 0.3 is 6.18 Å².